The van der Waals surface area contributed by atoms with Gasteiger partial charge in [-0.05, 0) is 55.5 Å². The number of amides is 2. The Morgan fingerprint density at radius 1 is 0.926 bits per heavy atom. The van der Waals surface area contributed by atoms with Crippen LogP contribution in [0.15, 0.2) is 54.6 Å². The zero-order chi connectivity index (χ0) is 18.6. The molecular weight excluding hydrogens is 338 g/mol. The maximum Gasteiger partial charge on any atom is 0.251 e. The fourth-order valence-corrected chi connectivity index (χ4v) is 3.15. The molecule has 2 N–H and O–H groups in total. The van der Waals surface area contributed by atoms with Crippen molar-refractivity contribution in [2.75, 3.05) is 11.9 Å². The lowest BCUT2D eigenvalue weighted by molar-refractivity contribution is -0.117. The number of anilines is 1. The average molecular weight is 363 g/mol. The minimum Gasteiger partial charge on any atom is -0.349 e. The molecule has 0 atom stereocenters. The maximum atomic E-state index is 12.4. The van der Waals surface area contributed by atoms with E-state index in [4.69, 9.17) is 0 Å². The van der Waals surface area contributed by atoms with E-state index in [0.717, 1.165) is 43.5 Å². The molecule has 0 radical (unpaired) electrons. The normalized spacial score (nSPS) is 16.2. The second-order valence-electron chi connectivity index (χ2n) is 7.50. The number of nitrogens with zero attached hydrogens (tertiary/aromatic N) is 1. The third-order valence-electron chi connectivity index (χ3n) is 4.98. The molecule has 5 nitrogen and oxygen atoms in total. The Bertz CT molecular complexity index is 796. The van der Waals surface area contributed by atoms with Gasteiger partial charge in [-0.3, -0.25) is 14.5 Å². The molecule has 0 unspecified atom stereocenters. The fourth-order valence-electron chi connectivity index (χ4n) is 3.15. The summed E-state index contributed by atoms with van der Waals surface area (Å²) in [6.07, 6.45) is 4.46. The predicted molar refractivity (Wildman–Crippen MR) is 105 cm³/mol. The van der Waals surface area contributed by atoms with Gasteiger partial charge in [-0.1, -0.05) is 30.3 Å². The van der Waals surface area contributed by atoms with E-state index in [1.54, 1.807) is 0 Å². The predicted octanol–water partition coefficient (Wildman–Crippen LogP) is 3.18. The van der Waals surface area contributed by atoms with E-state index < -0.39 is 0 Å². The molecule has 2 saturated carbocycles. The van der Waals surface area contributed by atoms with E-state index in [0.29, 0.717) is 24.2 Å². The van der Waals surface area contributed by atoms with Crippen LogP contribution < -0.4 is 10.6 Å². The van der Waals surface area contributed by atoms with Gasteiger partial charge in [-0.15, -0.1) is 0 Å². The molecule has 0 heterocycles. The van der Waals surface area contributed by atoms with Gasteiger partial charge in [0.05, 0.1) is 6.54 Å². The Morgan fingerprint density at radius 2 is 1.63 bits per heavy atom. The Morgan fingerprint density at radius 3 is 2.26 bits per heavy atom. The lowest BCUT2D eigenvalue weighted by Crippen LogP contribution is -2.34. The third-order valence-corrected chi connectivity index (χ3v) is 4.98. The highest BCUT2D eigenvalue weighted by atomic mass is 16.2. The van der Waals surface area contributed by atoms with Crippen molar-refractivity contribution < 1.29 is 9.59 Å². The Kier molecular flexibility index (Phi) is 5.21. The molecule has 2 aliphatic carbocycles. The van der Waals surface area contributed by atoms with Crippen LogP contribution in [0, 0.1) is 0 Å². The van der Waals surface area contributed by atoms with Crippen molar-refractivity contribution in [2.24, 2.45) is 0 Å². The van der Waals surface area contributed by atoms with E-state index in [2.05, 4.69) is 15.5 Å². The minimum atomic E-state index is 0.00494. The van der Waals surface area contributed by atoms with Crippen molar-refractivity contribution in [3.63, 3.8) is 0 Å². The molecule has 2 aliphatic rings. The fraction of sp³-hybridized carbons (Fsp3) is 0.364. The number of hydrogen-bond donors (Lipinski definition) is 2. The first-order valence-corrected chi connectivity index (χ1v) is 9.66. The van der Waals surface area contributed by atoms with E-state index in [1.165, 1.54) is 0 Å². The van der Waals surface area contributed by atoms with Gasteiger partial charge in [-0.25, -0.2) is 0 Å². The van der Waals surface area contributed by atoms with Gasteiger partial charge in [-0.2, -0.15) is 0 Å². The highest BCUT2D eigenvalue weighted by Crippen LogP contribution is 2.28. The van der Waals surface area contributed by atoms with E-state index in [9.17, 15) is 9.59 Å². The van der Waals surface area contributed by atoms with Crippen LogP contribution in [-0.4, -0.2) is 35.3 Å². The van der Waals surface area contributed by atoms with E-state index in [1.807, 2.05) is 54.6 Å². The molecule has 2 amide bonds. The average Bonchev–Trinajstić information content (AvgIpc) is 3.57. The lowest BCUT2D eigenvalue weighted by atomic mass is 10.1. The van der Waals surface area contributed by atoms with Crippen LogP contribution in [0.5, 0.6) is 0 Å². The Labute approximate surface area is 159 Å². The van der Waals surface area contributed by atoms with Crippen molar-refractivity contribution in [1.82, 2.24) is 10.2 Å². The maximum absolute atomic E-state index is 12.4. The second-order valence-corrected chi connectivity index (χ2v) is 7.50. The summed E-state index contributed by atoms with van der Waals surface area (Å²) in [6.45, 7) is 1.10. The molecule has 0 saturated heterocycles. The topological polar surface area (TPSA) is 61.4 Å². The highest BCUT2D eigenvalue weighted by Gasteiger charge is 2.30. The van der Waals surface area contributed by atoms with Crippen LogP contribution >= 0.6 is 0 Å². The molecule has 2 fully saturated rings. The zero-order valence-corrected chi connectivity index (χ0v) is 15.4. The van der Waals surface area contributed by atoms with Gasteiger partial charge in [0, 0.05) is 29.9 Å². The van der Waals surface area contributed by atoms with E-state index >= 15 is 0 Å². The molecule has 140 valence electrons. The van der Waals surface area contributed by atoms with Crippen molar-refractivity contribution in [1.29, 1.82) is 0 Å². The van der Waals surface area contributed by atoms with Gasteiger partial charge >= 0.3 is 0 Å². The SMILES string of the molecule is O=C(CN(Cc1ccc(C(=O)NC2CC2)cc1)C1CC1)Nc1ccccc1. The Balaban J connectivity index is 1.34. The van der Waals surface area contributed by atoms with Crippen LogP contribution in [0.4, 0.5) is 5.69 Å². The molecule has 0 bridgehead atoms. The molecule has 2 aromatic carbocycles. The summed E-state index contributed by atoms with van der Waals surface area (Å²) < 4.78 is 0. The van der Waals surface area contributed by atoms with Crippen LogP contribution in [0.2, 0.25) is 0 Å². The highest BCUT2D eigenvalue weighted by molar-refractivity contribution is 5.94. The third kappa shape index (κ3) is 5.17. The number of benzene rings is 2. The van der Waals surface area contributed by atoms with E-state index in [-0.39, 0.29) is 11.8 Å². The van der Waals surface area contributed by atoms with Crippen LogP contribution in [0.3, 0.4) is 0 Å². The first-order chi connectivity index (χ1) is 13.2. The number of para-hydroxylation sites is 1. The van der Waals surface area contributed by atoms with Crippen LogP contribution in [-0.2, 0) is 11.3 Å². The van der Waals surface area contributed by atoms with Crippen molar-refractivity contribution in [3.8, 4) is 0 Å². The number of carbonyl (C=O) groups excluding carboxylic acids is 2. The quantitative estimate of drug-likeness (QED) is 0.757. The first-order valence-electron chi connectivity index (χ1n) is 9.66. The smallest absolute Gasteiger partial charge is 0.251 e. The summed E-state index contributed by atoms with van der Waals surface area (Å²) in [5, 5.41) is 5.96. The van der Waals surface area contributed by atoms with Gasteiger partial charge in [0.25, 0.3) is 5.91 Å². The number of nitrogens with one attached hydrogen (secondary N) is 2. The Hall–Kier alpha value is -2.66. The zero-order valence-electron chi connectivity index (χ0n) is 15.4. The monoisotopic (exact) mass is 363 g/mol. The van der Waals surface area contributed by atoms with Gasteiger partial charge < -0.3 is 10.6 Å². The number of rotatable bonds is 8. The van der Waals surface area contributed by atoms with Crippen LogP contribution in [0.25, 0.3) is 0 Å². The summed E-state index contributed by atoms with van der Waals surface area (Å²) in [5.74, 6) is 0.0128. The summed E-state index contributed by atoms with van der Waals surface area (Å²) in [7, 11) is 0. The van der Waals surface area contributed by atoms with Crippen molar-refractivity contribution in [2.45, 2.75) is 44.3 Å². The molecular formula is C22H25N3O2. The molecule has 0 spiro atoms. The summed E-state index contributed by atoms with van der Waals surface area (Å²) in [6, 6.07) is 18.1. The standard InChI is InChI=1S/C22H25N3O2/c26-21(23-18-4-2-1-3-5-18)15-25(20-12-13-20)14-16-6-8-17(9-7-16)22(27)24-19-10-11-19/h1-9,19-20H,10-15H2,(H,23,26)(H,24,27). The number of hydrogen-bond acceptors (Lipinski definition) is 3. The molecule has 4 rings (SSSR count). The lowest BCUT2D eigenvalue weighted by Gasteiger charge is -2.21. The summed E-state index contributed by atoms with van der Waals surface area (Å²) in [4.78, 5) is 26.7. The van der Waals surface area contributed by atoms with Crippen molar-refractivity contribution in [3.05, 3.63) is 65.7 Å². The largest absolute Gasteiger partial charge is 0.349 e. The first kappa shape index (κ1) is 17.7. The summed E-state index contributed by atoms with van der Waals surface area (Å²) >= 11 is 0. The van der Waals surface area contributed by atoms with Gasteiger partial charge in [0.2, 0.25) is 5.91 Å². The minimum absolute atomic E-state index is 0.00494. The molecule has 0 aliphatic heterocycles. The van der Waals surface area contributed by atoms with Gasteiger partial charge in [0.1, 0.15) is 0 Å². The van der Waals surface area contributed by atoms with Crippen molar-refractivity contribution >= 4 is 17.5 Å². The summed E-state index contributed by atoms with van der Waals surface area (Å²) in [5.41, 5.74) is 2.65. The van der Waals surface area contributed by atoms with Crippen LogP contribution in [0.1, 0.15) is 41.6 Å². The number of carbonyl (C=O) groups is 2. The molecule has 5 heteroatoms. The van der Waals surface area contributed by atoms with Gasteiger partial charge in [0.15, 0.2) is 0 Å². The molecule has 2 aromatic rings. The second kappa shape index (κ2) is 7.92. The molecule has 0 aromatic heterocycles. The molecule has 27 heavy (non-hydrogen) atoms.